The molecule has 0 saturated heterocycles. The Labute approximate surface area is 292 Å². The van der Waals surface area contributed by atoms with E-state index in [0.717, 1.165) is 22.0 Å². The summed E-state index contributed by atoms with van der Waals surface area (Å²) < 4.78 is 0. The number of carbonyl (C=O) groups excluding carboxylic acids is 5. The van der Waals surface area contributed by atoms with Crippen LogP contribution in [0.2, 0.25) is 0 Å². The fraction of sp³-hybridized carbons (Fsp3) is 0.342. The molecular formula is C38H46N6O6. The van der Waals surface area contributed by atoms with Crippen LogP contribution in [0.1, 0.15) is 54.7 Å². The van der Waals surface area contributed by atoms with Crippen LogP contribution in [0.4, 0.5) is 0 Å². The number of nitrogens with zero attached hydrogens (tertiary/aromatic N) is 1. The number of carbonyl (C=O) groups is 5. The van der Waals surface area contributed by atoms with Crippen molar-refractivity contribution in [2.45, 2.75) is 70.3 Å². The van der Waals surface area contributed by atoms with Gasteiger partial charge in [0.15, 0.2) is 0 Å². The highest BCUT2D eigenvalue weighted by Crippen LogP contribution is 2.16. The summed E-state index contributed by atoms with van der Waals surface area (Å²) in [6.45, 7) is 3.24. The molecule has 0 aliphatic heterocycles. The Morgan fingerprint density at radius 2 is 1.42 bits per heavy atom. The monoisotopic (exact) mass is 682 g/mol. The first-order valence-corrected chi connectivity index (χ1v) is 16.8. The van der Waals surface area contributed by atoms with Gasteiger partial charge >= 0.3 is 0 Å². The molecule has 12 heteroatoms. The Morgan fingerprint density at radius 1 is 0.780 bits per heavy atom. The summed E-state index contributed by atoms with van der Waals surface area (Å²) >= 11 is 0. The molecule has 12 nitrogen and oxygen atoms in total. The molecule has 0 fully saturated rings. The minimum atomic E-state index is -1.10. The highest BCUT2D eigenvalue weighted by molar-refractivity contribution is 6.00. The number of hydrogen-bond donors (Lipinski definition) is 6. The molecule has 0 unspecified atom stereocenters. The molecule has 0 radical (unpaired) electrons. The van der Waals surface area contributed by atoms with Gasteiger partial charge in [0.05, 0.1) is 6.10 Å². The second-order valence-electron chi connectivity index (χ2n) is 12.4. The van der Waals surface area contributed by atoms with Crippen molar-refractivity contribution in [2.24, 2.45) is 0 Å². The maximum Gasteiger partial charge on any atom is 0.268 e. The Balaban J connectivity index is 1.48. The van der Waals surface area contributed by atoms with Gasteiger partial charge in [-0.1, -0.05) is 78.9 Å². The predicted molar refractivity (Wildman–Crippen MR) is 191 cm³/mol. The molecule has 50 heavy (non-hydrogen) atoms. The number of para-hydroxylation sites is 1. The lowest BCUT2D eigenvalue weighted by molar-refractivity contribution is -0.136. The van der Waals surface area contributed by atoms with E-state index in [1.807, 2.05) is 84.9 Å². The van der Waals surface area contributed by atoms with Crippen LogP contribution in [0, 0.1) is 0 Å². The van der Waals surface area contributed by atoms with Gasteiger partial charge < -0.3 is 36.3 Å². The van der Waals surface area contributed by atoms with Gasteiger partial charge in [0, 0.05) is 44.4 Å². The summed E-state index contributed by atoms with van der Waals surface area (Å²) in [5, 5.41) is 21.7. The van der Waals surface area contributed by atoms with Crippen LogP contribution in [-0.4, -0.2) is 82.3 Å². The van der Waals surface area contributed by atoms with E-state index in [9.17, 15) is 29.1 Å². The molecule has 6 N–H and O–H groups in total. The number of unbranched alkanes of at least 4 members (excludes halogenated alkanes) is 1. The number of H-pyrrole nitrogens is 1. The zero-order chi connectivity index (χ0) is 36.0. The van der Waals surface area contributed by atoms with Crippen molar-refractivity contribution in [3.63, 3.8) is 0 Å². The van der Waals surface area contributed by atoms with Crippen LogP contribution in [0.5, 0.6) is 0 Å². The average Bonchev–Trinajstić information content (AvgIpc) is 3.54. The summed E-state index contributed by atoms with van der Waals surface area (Å²) in [6.07, 6.45) is 0.237. The number of nitrogens with one attached hydrogen (secondary N) is 5. The zero-order valence-corrected chi connectivity index (χ0v) is 28.6. The maximum atomic E-state index is 14.0. The highest BCUT2D eigenvalue weighted by Gasteiger charge is 2.29. The molecule has 5 amide bonds. The molecule has 4 aromatic rings. The van der Waals surface area contributed by atoms with E-state index in [4.69, 9.17) is 0 Å². The van der Waals surface area contributed by atoms with Crippen molar-refractivity contribution in [2.75, 3.05) is 13.6 Å². The lowest BCUT2D eigenvalue weighted by Crippen LogP contribution is -2.54. The first-order valence-electron chi connectivity index (χ1n) is 16.8. The van der Waals surface area contributed by atoms with E-state index in [1.165, 1.54) is 13.8 Å². The maximum absolute atomic E-state index is 14.0. The number of aromatic nitrogens is 1. The molecular weight excluding hydrogens is 636 g/mol. The Kier molecular flexibility index (Phi) is 13.7. The van der Waals surface area contributed by atoms with E-state index < -0.39 is 47.9 Å². The van der Waals surface area contributed by atoms with Crippen molar-refractivity contribution < 1.29 is 29.1 Å². The van der Waals surface area contributed by atoms with Gasteiger partial charge in [-0.15, -0.1) is 0 Å². The molecule has 0 aliphatic carbocycles. The number of rotatable bonds is 17. The lowest BCUT2D eigenvalue weighted by Gasteiger charge is -2.27. The van der Waals surface area contributed by atoms with Crippen LogP contribution in [0.3, 0.4) is 0 Å². The summed E-state index contributed by atoms with van der Waals surface area (Å²) in [4.78, 5) is 69.9. The Bertz CT molecular complexity index is 1710. The van der Waals surface area contributed by atoms with E-state index in [-0.39, 0.29) is 31.0 Å². The standard InChI is InChI=1S/C38H46N6O6/c1-25(45)34(40-26(2)46)37(49)39-21-13-12-20-31(42-36(48)32-23-29-18-10-11-19-30(29)41-32)35(47)43-33(22-27-14-6-4-7-15-27)38(50)44(3)24-28-16-8-5-9-17-28/h4-11,14-19,23,25,31,33-34,41,45H,12-13,20-22,24H2,1-3H3,(H,39,49)(H,40,46)(H,42,48)(H,43,47)/t25-,31+,33+,34+/m1/s1. The Hall–Kier alpha value is -5.49. The van der Waals surface area contributed by atoms with E-state index >= 15 is 0 Å². The summed E-state index contributed by atoms with van der Waals surface area (Å²) in [5.74, 6) is -2.24. The number of benzene rings is 3. The number of hydrogen-bond acceptors (Lipinski definition) is 6. The SMILES string of the molecule is CC(=O)N[C@H](C(=O)NCCCC[C@H](NC(=O)c1cc2ccccc2[nH]1)C(=O)N[C@@H](Cc1ccccc1)C(=O)N(C)Cc1ccccc1)[C@@H](C)O. The topological polar surface area (TPSA) is 173 Å². The molecule has 3 aromatic carbocycles. The average molecular weight is 683 g/mol. The minimum absolute atomic E-state index is 0.214. The van der Waals surface area contributed by atoms with Crippen LogP contribution in [0.15, 0.2) is 91.0 Å². The quantitative estimate of drug-likeness (QED) is 0.0935. The van der Waals surface area contributed by atoms with Gasteiger partial charge in [0.25, 0.3) is 5.91 Å². The third-order valence-corrected chi connectivity index (χ3v) is 8.27. The fourth-order valence-corrected chi connectivity index (χ4v) is 5.64. The number of amides is 5. The largest absolute Gasteiger partial charge is 0.391 e. The van der Waals surface area contributed by atoms with E-state index in [0.29, 0.717) is 19.4 Å². The number of likely N-dealkylation sites (N-methyl/N-ethyl adjacent to an activating group) is 1. The molecule has 4 atom stereocenters. The van der Waals surface area contributed by atoms with Crippen molar-refractivity contribution >= 4 is 40.4 Å². The third kappa shape index (κ3) is 11.0. The highest BCUT2D eigenvalue weighted by atomic mass is 16.3. The molecule has 0 bridgehead atoms. The van der Waals surface area contributed by atoms with Crippen LogP contribution >= 0.6 is 0 Å². The molecule has 1 heterocycles. The third-order valence-electron chi connectivity index (χ3n) is 8.27. The molecule has 0 spiro atoms. The lowest BCUT2D eigenvalue weighted by atomic mass is 10.0. The first kappa shape index (κ1) is 37.3. The number of aliphatic hydroxyl groups is 1. The predicted octanol–water partition coefficient (Wildman–Crippen LogP) is 2.82. The second kappa shape index (κ2) is 18.3. The van der Waals surface area contributed by atoms with Crippen molar-refractivity contribution in [1.82, 2.24) is 31.2 Å². The van der Waals surface area contributed by atoms with Crippen LogP contribution in [-0.2, 0) is 32.1 Å². The van der Waals surface area contributed by atoms with Gasteiger partial charge in [-0.2, -0.15) is 0 Å². The van der Waals surface area contributed by atoms with E-state index in [1.54, 1.807) is 18.0 Å². The molecule has 1 aromatic heterocycles. The van der Waals surface area contributed by atoms with Gasteiger partial charge in [-0.25, -0.2) is 0 Å². The number of aromatic amines is 1. The molecule has 4 rings (SSSR count). The van der Waals surface area contributed by atoms with Crippen molar-refractivity contribution in [3.8, 4) is 0 Å². The summed E-state index contributed by atoms with van der Waals surface area (Å²) in [6, 6.07) is 25.1. The summed E-state index contributed by atoms with van der Waals surface area (Å²) in [7, 11) is 1.69. The summed E-state index contributed by atoms with van der Waals surface area (Å²) in [5.41, 5.74) is 2.88. The van der Waals surface area contributed by atoms with Gasteiger partial charge in [-0.3, -0.25) is 24.0 Å². The van der Waals surface area contributed by atoms with Gasteiger partial charge in [0.1, 0.15) is 23.8 Å². The number of fused-ring (bicyclic) bond motifs is 1. The van der Waals surface area contributed by atoms with Gasteiger partial charge in [0.2, 0.25) is 23.6 Å². The first-order chi connectivity index (χ1) is 24.0. The smallest absolute Gasteiger partial charge is 0.268 e. The van der Waals surface area contributed by atoms with Crippen molar-refractivity contribution in [1.29, 1.82) is 0 Å². The Morgan fingerprint density at radius 3 is 2.06 bits per heavy atom. The van der Waals surface area contributed by atoms with Gasteiger partial charge in [-0.05, 0) is 49.4 Å². The fourth-order valence-electron chi connectivity index (χ4n) is 5.64. The van der Waals surface area contributed by atoms with Crippen LogP contribution < -0.4 is 21.3 Å². The molecule has 264 valence electrons. The zero-order valence-electron chi connectivity index (χ0n) is 28.6. The second-order valence-corrected chi connectivity index (χ2v) is 12.4. The number of aliphatic hydroxyl groups excluding tert-OH is 1. The molecule has 0 aliphatic rings. The van der Waals surface area contributed by atoms with Crippen molar-refractivity contribution in [3.05, 3.63) is 108 Å². The minimum Gasteiger partial charge on any atom is -0.391 e. The van der Waals surface area contributed by atoms with E-state index in [2.05, 4.69) is 26.3 Å². The molecule has 0 saturated carbocycles. The normalized spacial score (nSPS) is 13.4. The van der Waals surface area contributed by atoms with Crippen LogP contribution in [0.25, 0.3) is 10.9 Å².